The maximum absolute atomic E-state index is 12.9. The summed E-state index contributed by atoms with van der Waals surface area (Å²) in [4.78, 5) is 20.8. The minimum atomic E-state index is -0.0231. The number of rotatable bonds is 11. The molecule has 0 aliphatic rings. The topological polar surface area (TPSA) is 59.4 Å². The Morgan fingerprint density at radius 1 is 1.12 bits per heavy atom. The predicted octanol–water partition coefficient (Wildman–Crippen LogP) is 6.24. The van der Waals surface area contributed by atoms with Gasteiger partial charge in [-0.05, 0) is 54.3 Å². The second kappa shape index (κ2) is 11.9. The first-order valence-corrected chi connectivity index (χ1v) is 13.2. The molecule has 0 spiro atoms. The Balaban J connectivity index is 1.46. The van der Waals surface area contributed by atoms with Crippen molar-refractivity contribution in [1.29, 1.82) is 0 Å². The third-order valence-electron chi connectivity index (χ3n) is 5.52. The molecular formula is C26H30N4O2S2. The van der Waals surface area contributed by atoms with Crippen LogP contribution in [-0.4, -0.2) is 34.1 Å². The fourth-order valence-corrected chi connectivity index (χ4v) is 5.17. The van der Waals surface area contributed by atoms with E-state index in [0.29, 0.717) is 26.2 Å². The van der Waals surface area contributed by atoms with Crippen molar-refractivity contribution in [2.75, 3.05) is 13.7 Å². The smallest absolute Gasteiger partial charge is 0.318 e. The molecule has 3 heterocycles. The van der Waals surface area contributed by atoms with Gasteiger partial charge in [-0.25, -0.2) is 9.78 Å². The first-order chi connectivity index (χ1) is 16.7. The van der Waals surface area contributed by atoms with Crippen molar-refractivity contribution >= 4 is 28.7 Å². The van der Waals surface area contributed by atoms with Crippen LogP contribution in [0.2, 0.25) is 0 Å². The minimum absolute atomic E-state index is 0.0231. The SMILES string of the molecule is CCCCNC(=O)N(Cc1cccs1)Cc1cccn1Cc1csc(-c2ccc(OC)cc2)n1. The highest BCUT2D eigenvalue weighted by molar-refractivity contribution is 7.13. The van der Waals surface area contributed by atoms with Gasteiger partial charge in [0.05, 0.1) is 32.4 Å². The highest BCUT2D eigenvalue weighted by Crippen LogP contribution is 2.26. The summed E-state index contributed by atoms with van der Waals surface area (Å²) in [7, 11) is 1.67. The quantitative estimate of drug-likeness (QED) is 0.251. The number of nitrogens with zero attached hydrogens (tertiary/aromatic N) is 3. The van der Waals surface area contributed by atoms with Crippen LogP contribution in [-0.2, 0) is 19.6 Å². The number of benzene rings is 1. The van der Waals surface area contributed by atoms with Crippen LogP contribution in [0.25, 0.3) is 10.6 Å². The molecule has 1 aromatic carbocycles. The summed E-state index contributed by atoms with van der Waals surface area (Å²) in [5.41, 5.74) is 3.17. The van der Waals surface area contributed by atoms with E-state index in [0.717, 1.165) is 40.6 Å². The van der Waals surface area contributed by atoms with Gasteiger partial charge in [0.15, 0.2) is 0 Å². The minimum Gasteiger partial charge on any atom is -0.497 e. The Kier molecular flexibility index (Phi) is 8.38. The second-order valence-corrected chi connectivity index (χ2v) is 9.91. The lowest BCUT2D eigenvalue weighted by atomic mass is 10.2. The van der Waals surface area contributed by atoms with E-state index >= 15 is 0 Å². The molecule has 3 aromatic heterocycles. The van der Waals surface area contributed by atoms with Gasteiger partial charge in [0.25, 0.3) is 0 Å². The van der Waals surface area contributed by atoms with Crippen molar-refractivity contribution in [3.05, 3.63) is 81.8 Å². The molecule has 0 bridgehead atoms. The molecule has 1 N–H and O–H groups in total. The van der Waals surface area contributed by atoms with Gasteiger partial charge in [0.1, 0.15) is 10.8 Å². The number of nitrogens with one attached hydrogen (secondary N) is 1. The molecule has 0 aliphatic heterocycles. The molecule has 0 saturated heterocycles. The van der Waals surface area contributed by atoms with E-state index < -0.39 is 0 Å². The van der Waals surface area contributed by atoms with Gasteiger partial charge in [0.2, 0.25) is 0 Å². The first-order valence-electron chi connectivity index (χ1n) is 11.4. The normalized spacial score (nSPS) is 10.9. The lowest BCUT2D eigenvalue weighted by molar-refractivity contribution is 0.191. The van der Waals surface area contributed by atoms with Crippen molar-refractivity contribution < 1.29 is 9.53 Å². The number of hydrogen-bond donors (Lipinski definition) is 1. The maximum Gasteiger partial charge on any atom is 0.318 e. The van der Waals surface area contributed by atoms with Crippen LogP contribution in [0.3, 0.4) is 0 Å². The van der Waals surface area contributed by atoms with Crippen LogP contribution in [0.15, 0.2) is 65.5 Å². The van der Waals surface area contributed by atoms with Crippen LogP contribution in [0.1, 0.15) is 36.0 Å². The largest absolute Gasteiger partial charge is 0.497 e. The lowest BCUT2D eigenvalue weighted by Gasteiger charge is -2.23. The molecule has 0 fully saturated rings. The van der Waals surface area contributed by atoms with E-state index in [1.165, 1.54) is 4.88 Å². The summed E-state index contributed by atoms with van der Waals surface area (Å²) >= 11 is 3.31. The lowest BCUT2D eigenvalue weighted by Crippen LogP contribution is -2.39. The van der Waals surface area contributed by atoms with Crippen LogP contribution >= 0.6 is 22.7 Å². The second-order valence-electron chi connectivity index (χ2n) is 8.02. The zero-order valence-corrected chi connectivity index (χ0v) is 21.2. The van der Waals surface area contributed by atoms with Crippen molar-refractivity contribution in [3.8, 4) is 16.3 Å². The van der Waals surface area contributed by atoms with E-state index in [9.17, 15) is 4.79 Å². The molecule has 178 valence electrons. The number of unbranched alkanes of at least 4 members (excludes halogenated alkanes) is 1. The number of ether oxygens (including phenoxy) is 1. The zero-order chi connectivity index (χ0) is 23.8. The number of thiophene rings is 1. The number of amides is 2. The molecule has 0 atom stereocenters. The molecule has 4 aromatic rings. The molecule has 6 nitrogen and oxygen atoms in total. The van der Waals surface area contributed by atoms with E-state index in [4.69, 9.17) is 9.72 Å². The Labute approximate surface area is 208 Å². The molecule has 0 aliphatic carbocycles. The Hall–Kier alpha value is -3.10. The van der Waals surface area contributed by atoms with E-state index in [2.05, 4.69) is 40.5 Å². The number of thiazole rings is 1. The van der Waals surface area contributed by atoms with E-state index in [-0.39, 0.29) is 6.03 Å². The number of aromatic nitrogens is 2. The number of carbonyl (C=O) groups excluding carboxylic acids is 1. The molecular weight excluding hydrogens is 464 g/mol. The van der Waals surface area contributed by atoms with Gasteiger partial charge in [-0.2, -0.15) is 0 Å². The van der Waals surface area contributed by atoms with Crippen molar-refractivity contribution in [2.45, 2.75) is 39.4 Å². The number of urea groups is 1. The maximum atomic E-state index is 12.9. The van der Waals surface area contributed by atoms with Crippen molar-refractivity contribution in [3.63, 3.8) is 0 Å². The Morgan fingerprint density at radius 3 is 2.71 bits per heavy atom. The highest BCUT2D eigenvalue weighted by atomic mass is 32.1. The van der Waals surface area contributed by atoms with Gasteiger partial charge >= 0.3 is 6.03 Å². The van der Waals surface area contributed by atoms with Gasteiger partial charge in [-0.15, -0.1) is 22.7 Å². The highest BCUT2D eigenvalue weighted by Gasteiger charge is 2.17. The van der Waals surface area contributed by atoms with Gasteiger partial charge < -0.3 is 19.5 Å². The molecule has 8 heteroatoms. The predicted molar refractivity (Wildman–Crippen MR) is 140 cm³/mol. The van der Waals surface area contributed by atoms with E-state index in [1.807, 2.05) is 46.7 Å². The third kappa shape index (κ3) is 6.27. The van der Waals surface area contributed by atoms with Gasteiger partial charge in [-0.1, -0.05) is 19.4 Å². The summed E-state index contributed by atoms with van der Waals surface area (Å²) in [6, 6.07) is 16.2. The zero-order valence-electron chi connectivity index (χ0n) is 19.6. The summed E-state index contributed by atoms with van der Waals surface area (Å²) in [5.74, 6) is 0.836. The standard InChI is InChI=1S/C26H30N4O2S2/c1-3-4-13-27-26(31)30(18-24-8-6-15-33-24)17-22-7-5-14-29(22)16-21-19-34-25(28-21)20-9-11-23(32-2)12-10-20/h5-12,14-15,19H,3-4,13,16-18H2,1-2H3,(H,27,31). The summed E-state index contributed by atoms with van der Waals surface area (Å²) in [6.07, 6.45) is 4.09. The molecule has 2 amide bonds. The number of carbonyl (C=O) groups is 1. The van der Waals surface area contributed by atoms with Crippen molar-refractivity contribution in [1.82, 2.24) is 19.8 Å². The van der Waals surface area contributed by atoms with Crippen LogP contribution < -0.4 is 10.1 Å². The summed E-state index contributed by atoms with van der Waals surface area (Å²) in [6.45, 7) is 4.63. The average molecular weight is 495 g/mol. The summed E-state index contributed by atoms with van der Waals surface area (Å²) in [5, 5.41) is 8.21. The number of methoxy groups -OCH3 is 1. The first kappa shape index (κ1) is 24.0. The molecule has 4 rings (SSSR count). The van der Waals surface area contributed by atoms with Crippen LogP contribution in [0.4, 0.5) is 4.79 Å². The Bertz CT molecular complexity index is 1170. The van der Waals surface area contributed by atoms with Crippen molar-refractivity contribution in [2.24, 2.45) is 0 Å². The van der Waals surface area contributed by atoms with Crippen LogP contribution in [0, 0.1) is 0 Å². The Morgan fingerprint density at radius 2 is 1.97 bits per heavy atom. The molecule has 0 unspecified atom stereocenters. The van der Waals surface area contributed by atoms with Crippen LogP contribution in [0.5, 0.6) is 5.75 Å². The fourth-order valence-electron chi connectivity index (χ4n) is 3.64. The molecule has 0 radical (unpaired) electrons. The summed E-state index contributed by atoms with van der Waals surface area (Å²) < 4.78 is 7.42. The number of hydrogen-bond acceptors (Lipinski definition) is 5. The average Bonchev–Trinajstić information content (AvgIpc) is 3.63. The third-order valence-corrected chi connectivity index (χ3v) is 7.32. The molecule has 34 heavy (non-hydrogen) atoms. The fraction of sp³-hybridized carbons (Fsp3) is 0.308. The molecule has 0 saturated carbocycles. The van der Waals surface area contributed by atoms with E-state index in [1.54, 1.807) is 29.8 Å². The monoisotopic (exact) mass is 494 g/mol. The van der Waals surface area contributed by atoms with Gasteiger partial charge in [0, 0.05) is 34.3 Å². The van der Waals surface area contributed by atoms with Gasteiger partial charge in [-0.3, -0.25) is 0 Å².